The standard InChI is InChI=1S/C8H15N5O3/c9-7(16-6-14)3-1-2-4-11-8(15)5-12-13-10/h6-7H,1-5,9H2,(H,11,15). The molecule has 0 saturated heterocycles. The van der Waals surface area contributed by atoms with Gasteiger partial charge in [0, 0.05) is 11.5 Å². The summed E-state index contributed by atoms with van der Waals surface area (Å²) in [7, 11) is 0. The fraction of sp³-hybridized carbons (Fsp3) is 0.750. The van der Waals surface area contributed by atoms with Gasteiger partial charge in [0.1, 0.15) is 6.54 Å². The zero-order chi connectivity index (χ0) is 12.2. The summed E-state index contributed by atoms with van der Waals surface area (Å²) < 4.78 is 4.48. The van der Waals surface area contributed by atoms with Crippen molar-refractivity contribution in [1.82, 2.24) is 5.32 Å². The summed E-state index contributed by atoms with van der Waals surface area (Å²) in [4.78, 5) is 23.3. The molecule has 0 rings (SSSR count). The molecule has 3 N–H and O–H groups in total. The van der Waals surface area contributed by atoms with Crippen LogP contribution in [0.5, 0.6) is 0 Å². The molecule has 90 valence electrons. The van der Waals surface area contributed by atoms with Crippen LogP contribution in [0.15, 0.2) is 5.11 Å². The van der Waals surface area contributed by atoms with Gasteiger partial charge in [0.05, 0.1) is 0 Å². The molecule has 0 aliphatic rings. The van der Waals surface area contributed by atoms with Gasteiger partial charge in [-0.2, -0.15) is 0 Å². The lowest BCUT2D eigenvalue weighted by atomic mass is 10.2. The van der Waals surface area contributed by atoms with Crippen LogP contribution in [0.25, 0.3) is 10.4 Å². The number of nitrogens with two attached hydrogens (primary N) is 1. The van der Waals surface area contributed by atoms with E-state index in [0.717, 1.165) is 12.8 Å². The number of carbonyl (C=O) groups excluding carboxylic acids is 2. The second-order valence-corrected chi connectivity index (χ2v) is 3.01. The Bertz CT molecular complexity index is 264. The Morgan fingerprint density at radius 1 is 1.62 bits per heavy atom. The van der Waals surface area contributed by atoms with E-state index < -0.39 is 6.23 Å². The Hall–Kier alpha value is -1.79. The Kier molecular flexibility index (Phi) is 8.66. The molecule has 0 saturated carbocycles. The van der Waals surface area contributed by atoms with Crippen molar-refractivity contribution in [3.8, 4) is 0 Å². The van der Waals surface area contributed by atoms with Crippen LogP contribution in [0.4, 0.5) is 0 Å². The molecule has 0 heterocycles. The Morgan fingerprint density at radius 2 is 2.38 bits per heavy atom. The molecule has 0 fully saturated rings. The molecule has 1 amide bonds. The van der Waals surface area contributed by atoms with Crippen molar-refractivity contribution in [2.45, 2.75) is 25.5 Å². The highest BCUT2D eigenvalue weighted by molar-refractivity contribution is 5.78. The molecule has 0 radical (unpaired) electrons. The van der Waals surface area contributed by atoms with Gasteiger partial charge in [0.2, 0.25) is 5.91 Å². The molecular weight excluding hydrogens is 214 g/mol. The van der Waals surface area contributed by atoms with Crippen molar-refractivity contribution in [1.29, 1.82) is 0 Å². The molecule has 8 heteroatoms. The van der Waals surface area contributed by atoms with Gasteiger partial charge < -0.3 is 10.1 Å². The van der Waals surface area contributed by atoms with E-state index in [9.17, 15) is 9.59 Å². The van der Waals surface area contributed by atoms with E-state index in [0.29, 0.717) is 19.4 Å². The van der Waals surface area contributed by atoms with Crippen molar-refractivity contribution in [3.05, 3.63) is 10.4 Å². The fourth-order valence-electron chi connectivity index (χ4n) is 0.989. The molecular formula is C8H15N5O3. The lowest BCUT2D eigenvalue weighted by molar-refractivity contribution is -0.133. The molecule has 0 aliphatic heterocycles. The molecule has 1 atom stereocenters. The van der Waals surface area contributed by atoms with Crippen LogP contribution in [0.3, 0.4) is 0 Å². The number of amides is 1. The minimum atomic E-state index is -0.587. The molecule has 16 heavy (non-hydrogen) atoms. The molecule has 0 aromatic heterocycles. The fourth-order valence-corrected chi connectivity index (χ4v) is 0.989. The van der Waals surface area contributed by atoms with Gasteiger partial charge in [-0.3, -0.25) is 15.3 Å². The number of unbranched alkanes of at least 4 members (excludes halogenated alkanes) is 1. The van der Waals surface area contributed by atoms with Gasteiger partial charge in [-0.1, -0.05) is 5.11 Å². The predicted octanol–water partition coefficient (Wildman–Crippen LogP) is 0.0410. The molecule has 1 unspecified atom stereocenters. The first-order valence-corrected chi connectivity index (χ1v) is 4.83. The monoisotopic (exact) mass is 229 g/mol. The van der Waals surface area contributed by atoms with Crippen LogP contribution in [0, 0.1) is 0 Å². The van der Waals surface area contributed by atoms with E-state index in [4.69, 9.17) is 11.3 Å². The first-order valence-electron chi connectivity index (χ1n) is 4.83. The van der Waals surface area contributed by atoms with E-state index in [1.165, 1.54) is 0 Å². The van der Waals surface area contributed by atoms with Crippen molar-refractivity contribution in [3.63, 3.8) is 0 Å². The number of nitrogens with zero attached hydrogens (tertiary/aromatic N) is 3. The summed E-state index contributed by atoms with van der Waals surface area (Å²) in [5.74, 6) is -0.314. The van der Waals surface area contributed by atoms with Crippen LogP contribution in [-0.2, 0) is 14.3 Å². The van der Waals surface area contributed by atoms with Gasteiger partial charge in [-0.25, -0.2) is 0 Å². The maximum Gasteiger partial charge on any atom is 0.294 e. The smallest absolute Gasteiger partial charge is 0.294 e. The number of azide groups is 1. The van der Waals surface area contributed by atoms with E-state index in [2.05, 4.69) is 20.1 Å². The molecule has 0 aromatic carbocycles. The van der Waals surface area contributed by atoms with Crippen molar-refractivity contribution >= 4 is 12.4 Å². The SMILES string of the molecule is [N-]=[N+]=NCC(=O)NCCCCC(N)OC=O. The second kappa shape index (κ2) is 9.75. The number of ether oxygens (including phenoxy) is 1. The topological polar surface area (TPSA) is 130 Å². The van der Waals surface area contributed by atoms with E-state index in [-0.39, 0.29) is 12.5 Å². The van der Waals surface area contributed by atoms with Gasteiger partial charge >= 0.3 is 0 Å². The summed E-state index contributed by atoms with van der Waals surface area (Å²) in [5.41, 5.74) is 13.4. The Labute approximate surface area is 92.8 Å². The summed E-state index contributed by atoms with van der Waals surface area (Å²) >= 11 is 0. The van der Waals surface area contributed by atoms with Crippen LogP contribution in [0.1, 0.15) is 19.3 Å². The maximum atomic E-state index is 10.9. The van der Waals surface area contributed by atoms with Crippen LogP contribution in [-0.4, -0.2) is 31.7 Å². The highest BCUT2D eigenvalue weighted by atomic mass is 16.5. The molecule has 0 aliphatic carbocycles. The Balaban J connectivity index is 3.35. The normalized spacial score (nSPS) is 11.1. The van der Waals surface area contributed by atoms with Crippen LogP contribution < -0.4 is 11.1 Å². The first kappa shape index (κ1) is 14.2. The molecule has 8 nitrogen and oxygen atoms in total. The number of carbonyl (C=O) groups is 2. The van der Waals surface area contributed by atoms with Crippen LogP contribution in [0.2, 0.25) is 0 Å². The molecule has 0 aromatic rings. The average molecular weight is 229 g/mol. The third-order valence-electron chi connectivity index (χ3n) is 1.75. The summed E-state index contributed by atoms with van der Waals surface area (Å²) in [6.07, 6.45) is 1.41. The first-order chi connectivity index (χ1) is 7.70. The lowest BCUT2D eigenvalue weighted by Crippen LogP contribution is -2.27. The molecule has 0 spiro atoms. The van der Waals surface area contributed by atoms with E-state index >= 15 is 0 Å². The zero-order valence-corrected chi connectivity index (χ0v) is 8.83. The minimum Gasteiger partial charge on any atom is -0.449 e. The number of rotatable bonds is 9. The summed E-state index contributed by atoms with van der Waals surface area (Å²) in [5, 5.41) is 5.68. The maximum absolute atomic E-state index is 10.9. The number of hydrogen-bond donors (Lipinski definition) is 2. The lowest BCUT2D eigenvalue weighted by Gasteiger charge is -2.08. The highest BCUT2D eigenvalue weighted by Crippen LogP contribution is 1.98. The van der Waals surface area contributed by atoms with Gasteiger partial charge in [-0.05, 0) is 24.8 Å². The Morgan fingerprint density at radius 3 is 3.00 bits per heavy atom. The third-order valence-corrected chi connectivity index (χ3v) is 1.75. The van der Waals surface area contributed by atoms with E-state index in [1.807, 2.05) is 0 Å². The van der Waals surface area contributed by atoms with Gasteiger partial charge in [0.25, 0.3) is 6.47 Å². The summed E-state index contributed by atoms with van der Waals surface area (Å²) in [6.45, 7) is 0.601. The van der Waals surface area contributed by atoms with Gasteiger partial charge in [0.15, 0.2) is 6.23 Å². The van der Waals surface area contributed by atoms with E-state index in [1.54, 1.807) is 0 Å². The predicted molar refractivity (Wildman–Crippen MR) is 56.0 cm³/mol. The van der Waals surface area contributed by atoms with Crippen molar-refractivity contribution < 1.29 is 14.3 Å². The second-order valence-electron chi connectivity index (χ2n) is 3.01. The minimum absolute atomic E-state index is 0.190. The number of hydrogen-bond acceptors (Lipinski definition) is 5. The van der Waals surface area contributed by atoms with Crippen molar-refractivity contribution in [2.75, 3.05) is 13.1 Å². The zero-order valence-electron chi connectivity index (χ0n) is 8.83. The quantitative estimate of drug-likeness (QED) is 0.144. The van der Waals surface area contributed by atoms with Gasteiger partial charge in [-0.15, -0.1) is 0 Å². The highest BCUT2D eigenvalue weighted by Gasteiger charge is 2.02. The van der Waals surface area contributed by atoms with Crippen molar-refractivity contribution in [2.24, 2.45) is 10.8 Å². The third kappa shape index (κ3) is 8.79. The molecule has 0 bridgehead atoms. The summed E-state index contributed by atoms with van der Waals surface area (Å²) in [6, 6.07) is 0. The number of nitrogens with one attached hydrogen (secondary N) is 1. The van der Waals surface area contributed by atoms with Crippen LogP contribution >= 0.6 is 0 Å². The largest absolute Gasteiger partial charge is 0.449 e. The average Bonchev–Trinajstić information content (AvgIpc) is 2.26.